The second-order valence-electron chi connectivity index (χ2n) is 6.63. The summed E-state index contributed by atoms with van der Waals surface area (Å²) in [6, 6.07) is 17.0. The van der Waals surface area contributed by atoms with Gasteiger partial charge in [-0.2, -0.15) is 5.10 Å². The van der Waals surface area contributed by atoms with E-state index in [0.29, 0.717) is 40.1 Å². The summed E-state index contributed by atoms with van der Waals surface area (Å²) in [7, 11) is 0. The number of amides is 1. The first-order valence-electron chi connectivity index (χ1n) is 9.67. The maximum absolute atomic E-state index is 13.1. The molecular formula is C23H20N4O4. The van der Waals surface area contributed by atoms with Crippen molar-refractivity contribution in [2.24, 2.45) is 5.10 Å². The maximum Gasteiger partial charge on any atom is 0.287 e. The van der Waals surface area contributed by atoms with E-state index >= 15 is 0 Å². The molecule has 4 aromatic rings. The van der Waals surface area contributed by atoms with Crippen molar-refractivity contribution >= 4 is 22.9 Å². The van der Waals surface area contributed by atoms with Crippen molar-refractivity contribution in [3.63, 3.8) is 0 Å². The third-order valence-electron chi connectivity index (χ3n) is 4.71. The molecule has 0 saturated carbocycles. The predicted molar refractivity (Wildman–Crippen MR) is 118 cm³/mol. The quantitative estimate of drug-likeness (QED) is 0.331. The summed E-state index contributed by atoms with van der Waals surface area (Å²) < 4.78 is 6.64. The third-order valence-corrected chi connectivity index (χ3v) is 4.71. The molecule has 8 heteroatoms. The summed E-state index contributed by atoms with van der Waals surface area (Å²) in [6.45, 7) is 2.41. The highest BCUT2D eigenvalue weighted by molar-refractivity contribution is 6.02. The van der Waals surface area contributed by atoms with Crippen LogP contribution in [0.1, 0.15) is 23.0 Å². The van der Waals surface area contributed by atoms with Gasteiger partial charge in [0, 0.05) is 17.0 Å². The maximum atomic E-state index is 13.1. The first-order chi connectivity index (χ1) is 15.1. The first kappa shape index (κ1) is 20.0. The largest absolute Gasteiger partial charge is 0.494 e. The van der Waals surface area contributed by atoms with Crippen molar-refractivity contribution in [3.8, 4) is 17.3 Å². The van der Waals surface area contributed by atoms with E-state index in [9.17, 15) is 14.7 Å². The van der Waals surface area contributed by atoms with Crippen LogP contribution in [0.25, 0.3) is 16.5 Å². The lowest BCUT2D eigenvalue weighted by molar-refractivity contribution is 0.0950. The Morgan fingerprint density at radius 2 is 1.87 bits per heavy atom. The van der Waals surface area contributed by atoms with Gasteiger partial charge >= 0.3 is 0 Å². The Morgan fingerprint density at radius 1 is 1.13 bits per heavy atom. The van der Waals surface area contributed by atoms with Crippen LogP contribution in [0.15, 0.2) is 76.8 Å². The van der Waals surface area contributed by atoms with Crippen LogP contribution in [-0.2, 0) is 0 Å². The number of carbonyl (C=O) groups is 1. The molecule has 2 aromatic heterocycles. The lowest BCUT2D eigenvalue weighted by Crippen LogP contribution is -2.21. The highest BCUT2D eigenvalue weighted by Gasteiger charge is 2.16. The number of nitrogens with one attached hydrogen (secondary N) is 2. The monoisotopic (exact) mass is 416 g/mol. The summed E-state index contributed by atoms with van der Waals surface area (Å²) in [5.41, 5.74) is 3.16. The van der Waals surface area contributed by atoms with Crippen molar-refractivity contribution < 1.29 is 14.6 Å². The Kier molecular flexibility index (Phi) is 5.53. The molecule has 0 atom stereocenters. The molecule has 0 bridgehead atoms. The second kappa shape index (κ2) is 8.58. The van der Waals surface area contributed by atoms with Gasteiger partial charge in [0.1, 0.15) is 11.4 Å². The van der Waals surface area contributed by atoms with Crippen LogP contribution in [0.4, 0.5) is 0 Å². The molecule has 31 heavy (non-hydrogen) atoms. The number of ether oxygens (including phenoxy) is 1. The zero-order valence-electron chi connectivity index (χ0n) is 16.7. The van der Waals surface area contributed by atoms with Gasteiger partial charge in [0.25, 0.3) is 11.5 Å². The fourth-order valence-electron chi connectivity index (χ4n) is 3.27. The number of aromatic nitrogens is 2. The Bertz CT molecular complexity index is 1310. The number of rotatable bonds is 6. The molecule has 0 spiro atoms. The number of hydrazone groups is 1. The van der Waals surface area contributed by atoms with E-state index < -0.39 is 5.91 Å². The number of fused-ring (bicyclic) bond motifs is 1. The minimum atomic E-state index is -0.426. The van der Waals surface area contributed by atoms with Gasteiger partial charge in [-0.15, -0.1) is 0 Å². The van der Waals surface area contributed by atoms with E-state index in [1.165, 1.54) is 10.8 Å². The third kappa shape index (κ3) is 3.91. The molecule has 156 valence electrons. The Hall–Kier alpha value is -4.33. The Balaban J connectivity index is 1.78. The second-order valence-corrected chi connectivity index (χ2v) is 6.63. The van der Waals surface area contributed by atoms with Gasteiger partial charge in [-0.25, -0.2) is 9.99 Å². The fourth-order valence-corrected chi connectivity index (χ4v) is 3.27. The SMILES string of the molecule is CCOc1ccc(-n2c(O)c(/C=N/NC(=O)c3ccc[nH]3)c3ccccc3c2=O)cc1. The number of H-pyrrole nitrogens is 1. The van der Waals surface area contributed by atoms with Gasteiger partial charge in [0.2, 0.25) is 5.88 Å². The minimum Gasteiger partial charge on any atom is -0.494 e. The van der Waals surface area contributed by atoms with Gasteiger partial charge in [0.05, 0.1) is 24.1 Å². The molecule has 0 saturated heterocycles. The molecule has 0 unspecified atom stereocenters. The summed E-state index contributed by atoms with van der Waals surface area (Å²) in [6.07, 6.45) is 2.95. The van der Waals surface area contributed by atoms with Crippen LogP contribution in [0.3, 0.4) is 0 Å². The van der Waals surface area contributed by atoms with Gasteiger partial charge in [-0.05, 0) is 49.4 Å². The molecule has 0 aliphatic rings. The van der Waals surface area contributed by atoms with E-state index in [2.05, 4.69) is 15.5 Å². The fraction of sp³-hybridized carbons (Fsp3) is 0.0870. The zero-order valence-corrected chi connectivity index (χ0v) is 16.7. The molecular weight excluding hydrogens is 396 g/mol. The van der Waals surface area contributed by atoms with Crippen molar-refractivity contribution in [3.05, 3.63) is 88.5 Å². The van der Waals surface area contributed by atoms with Crippen LogP contribution in [0.2, 0.25) is 0 Å². The van der Waals surface area contributed by atoms with Crippen molar-refractivity contribution in [2.45, 2.75) is 6.92 Å². The molecule has 3 N–H and O–H groups in total. The lowest BCUT2D eigenvalue weighted by Gasteiger charge is -2.14. The highest BCUT2D eigenvalue weighted by atomic mass is 16.5. The topological polar surface area (TPSA) is 109 Å². The number of hydrogen-bond donors (Lipinski definition) is 3. The van der Waals surface area contributed by atoms with Gasteiger partial charge in [-0.3, -0.25) is 9.59 Å². The van der Waals surface area contributed by atoms with Gasteiger partial charge in [-0.1, -0.05) is 18.2 Å². The minimum absolute atomic E-state index is 0.286. The van der Waals surface area contributed by atoms with Crippen molar-refractivity contribution in [1.82, 2.24) is 15.0 Å². The summed E-state index contributed by atoms with van der Waals surface area (Å²) in [4.78, 5) is 28.0. The number of aromatic amines is 1. The number of pyridine rings is 1. The summed E-state index contributed by atoms with van der Waals surface area (Å²) >= 11 is 0. The molecule has 4 rings (SSSR count). The smallest absolute Gasteiger partial charge is 0.287 e. The molecule has 2 aromatic carbocycles. The van der Waals surface area contributed by atoms with Crippen LogP contribution in [0.5, 0.6) is 11.6 Å². The number of carbonyl (C=O) groups excluding carboxylic acids is 1. The number of aromatic hydroxyl groups is 1. The standard InChI is InChI=1S/C23H20N4O4/c1-2-31-16-11-9-15(10-12-16)27-22(29)18-7-4-3-6-17(18)19(23(27)30)14-25-26-21(28)20-8-5-13-24-20/h3-14,24,30H,2H2,1H3,(H,26,28)/b25-14+. The molecule has 0 aliphatic carbocycles. The van der Waals surface area contributed by atoms with E-state index in [1.807, 2.05) is 6.92 Å². The van der Waals surface area contributed by atoms with E-state index in [0.717, 1.165) is 0 Å². The van der Waals surface area contributed by atoms with E-state index in [4.69, 9.17) is 4.74 Å². The molecule has 8 nitrogen and oxygen atoms in total. The van der Waals surface area contributed by atoms with Gasteiger partial charge < -0.3 is 14.8 Å². The average molecular weight is 416 g/mol. The van der Waals surface area contributed by atoms with Crippen molar-refractivity contribution in [2.75, 3.05) is 6.61 Å². The number of benzene rings is 2. The van der Waals surface area contributed by atoms with Crippen LogP contribution in [-0.4, -0.2) is 33.4 Å². The van der Waals surface area contributed by atoms with Crippen LogP contribution >= 0.6 is 0 Å². The Labute approximate surface area is 177 Å². The molecule has 1 amide bonds. The highest BCUT2D eigenvalue weighted by Crippen LogP contribution is 2.26. The zero-order chi connectivity index (χ0) is 21.8. The van der Waals surface area contributed by atoms with E-state index in [1.54, 1.807) is 66.9 Å². The first-order valence-corrected chi connectivity index (χ1v) is 9.67. The average Bonchev–Trinajstić information content (AvgIpc) is 3.32. The molecule has 0 aliphatic heterocycles. The van der Waals surface area contributed by atoms with Crippen molar-refractivity contribution in [1.29, 1.82) is 0 Å². The van der Waals surface area contributed by atoms with Crippen LogP contribution < -0.4 is 15.7 Å². The normalized spacial score (nSPS) is 11.1. The number of hydrogen-bond acceptors (Lipinski definition) is 5. The van der Waals surface area contributed by atoms with E-state index in [-0.39, 0.29) is 11.4 Å². The lowest BCUT2D eigenvalue weighted by atomic mass is 10.1. The number of nitrogens with zero attached hydrogens (tertiary/aromatic N) is 2. The molecule has 2 heterocycles. The van der Waals surface area contributed by atoms with Gasteiger partial charge in [0.15, 0.2) is 0 Å². The summed E-state index contributed by atoms with van der Waals surface area (Å²) in [5, 5.41) is 15.9. The molecule has 0 radical (unpaired) electrons. The van der Waals surface area contributed by atoms with Crippen LogP contribution in [0, 0.1) is 0 Å². The Morgan fingerprint density at radius 3 is 2.55 bits per heavy atom. The summed E-state index contributed by atoms with van der Waals surface area (Å²) in [5.74, 6) is -0.0518. The predicted octanol–water partition coefficient (Wildman–Crippen LogP) is 3.19. The molecule has 0 fully saturated rings.